The molecule has 0 bridgehead atoms. The first kappa shape index (κ1) is 23.0. The maximum absolute atomic E-state index is 12.0. The molecular formula is C21H37N5O. The monoisotopic (exact) mass is 375 g/mol. The summed E-state index contributed by atoms with van der Waals surface area (Å²) in [6.07, 6.45) is 2.67. The summed E-state index contributed by atoms with van der Waals surface area (Å²) in [5, 5.41) is 9.55. The van der Waals surface area contributed by atoms with Crippen molar-refractivity contribution in [1.82, 2.24) is 20.9 Å². The van der Waals surface area contributed by atoms with Crippen LogP contribution in [0.1, 0.15) is 45.6 Å². The Hall–Kier alpha value is -2.08. The molecular weight excluding hydrogens is 338 g/mol. The minimum Gasteiger partial charge on any atom is -0.356 e. The van der Waals surface area contributed by atoms with E-state index >= 15 is 0 Å². The molecule has 152 valence electrons. The number of rotatable bonds is 12. The van der Waals surface area contributed by atoms with Crippen LogP contribution in [0.25, 0.3) is 0 Å². The molecule has 0 fully saturated rings. The van der Waals surface area contributed by atoms with Crippen LogP contribution >= 0.6 is 0 Å². The lowest BCUT2D eigenvalue weighted by molar-refractivity contribution is -0.121. The minimum atomic E-state index is 0.0362. The lowest BCUT2D eigenvalue weighted by atomic mass is 10.2. The van der Waals surface area contributed by atoms with E-state index < -0.39 is 0 Å². The zero-order valence-electron chi connectivity index (χ0n) is 17.4. The molecule has 0 saturated heterocycles. The van der Waals surface area contributed by atoms with E-state index in [0.717, 1.165) is 44.0 Å². The van der Waals surface area contributed by atoms with Crippen molar-refractivity contribution < 1.29 is 4.79 Å². The fraction of sp³-hybridized carbons (Fsp3) is 0.619. The molecule has 0 spiro atoms. The number of aliphatic imine (C=N–C) groups is 1. The summed E-state index contributed by atoms with van der Waals surface area (Å²) in [7, 11) is 1.76. The Labute approximate surface area is 164 Å². The molecule has 6 nitrogen and oxygen atoms in total. The second-order valence-corrected chi connectivity index (χ2v) is 6.73. The minimum absolute atomic E-state index is 0.0362. The number of nitrogens with zero attached hydrogens (tertiary/aromatic N) is 2. The van der Waals surface area contributed by atoms with Crippen molar-refractivity contribution in [2.45, 2.75) is 52.6 Å². The lowest BCUT2D eigenvalue weighted by Crippen LogP contribution is -2.43. The number of carbonyl (C=O) groups is 1. The molecule has 1 rings (SSSR count). The van der Waals surface area contributed by atoms with Gasteiger partial charge in [0.15, 0.2) is 5.96 Å². The van der Waals surface area contributed by atoms with Gasteiger partial charge in [0.25, 0.3) is 0 Å². The molecule has 6 heteroatoms. The van der Waals surface area contributed by atoms with Gasteiger partial charge in [-0.15, -0.1) is 0 Å². The predicted molar refractivity (Wildman–Crippen MR) is 114 cm³/mol. The second-order valence-electron chi connectivity index (χ2n) is 6.73. The van der Waals surface area contributed by atoms with Gasteiger partial charge in [0.05, 0.1) is 0 Å². The zero-order chi connectivity index (χ0) is 19.9. The first-order chi connectivity index (χ1) is 13.1. The van der Waals surface area contributed by atoms with Crippen LogP contribution in [0.4, 0.5) is 0 Å². The summed E-state index contributed by atoms with van der Waals surface area (Å²) < 4.78 is 0. The largest absolute Gasteiger partial charge is 0.356 e. The third-order valence-electron chi connectivity index (χ3n) is 4.59. The highest BCUT2D eigenvalue weighted by Gasteiger charge is 2.07. The van der Waals surface area contributed by atoms with E-state index in [9.17, 15) is 4.79 Å². The normalized spacial score (nSPS) is 12.7. The molecule has 0 radical (unpaired) electrons. The average Bonchev–Trinajstić information content (AvgIpc) is 2.69. The molecule has 27 heavy (non-hydrogen) atoms. The fourth-order valence-corrected chi connectivity index (χ4v) is 2.84. The third-order valence-corrected chi connectivity index (χ3v) is 4.59. The van der Waals surface area contributed by atoms with Gasteiger partial charge in [-0.2, -0.15) is 0 Å². The molecule has 0 aliphatic heterocycles. The Morgan fingerprint density at radius 1 is 1.15 bits per heavy atom. The molecule has 1 atom stereocenters. The van der Waals surface area contributed by atoms with Crippen LogP contribution in [0, 0.1) is 0 Å². The number of hydrogen-bond donors (Lipinski definition) is 3. The Kier molecular flexibility index (Phi) is 11.9. The fourth-order valence-electron chi connectivity index (χ4n) is 2.84. The molecule has 0 heterocycles. The maximum atomic E-state index is 12.0. The summed E-state index contributed by atoms with van der Waals surface area (Å²) in [6, 6.07) is 10.3. The lowest BCUT2D eigenvalue weighted by Gasteiger charge is -2.21. The highest BCUT2D eigenvalue weighted by atomic mass is 16.1. The van der Waals surface area contributed by atoms with E-state index in [1.807, 2.05) is 30.3 Å². The molecule has 1 aromatic rings. The SMILES string of the molecule is CCN(CC)CCCC(C)NC(=NC)NCCC(=O)NCc1ccccc1. The topological polar surface area (TPSA) is 68.8 Å². The summed E-state index contributed by atoms with van der Waals surface area (Å²) in [6.45, 7) is 11.0. The number of hydrogen-bond acceptors (Lipinski definition) is 3. The van der Waals surface area contributed by atoms with Crippen molar-refractivity contribution >= 4 is 11.9 Å². The van der Waals surface area contributed by atoms with Gasteiger partial charge in [-0.3, -0.25) is 9.79 Å². The van der Waals surface area contributed by atoms with Gasteiger partial charge in [0, 0.05) is 32.6 Å². The van der Waals surface area contributed by atoms with E-state index in [2.05, 4.69) is 46.6 Å². The summed E-state index contributed by atoms with van der Waals surface area (Å²) in [4.78, 5) is 18.6. The summed E-state index contributed by atoms with van der Waals surface area (Å²) in [5.41, 5.74) is 1.11. The standard InChI is InChI=1S/C21H37N5O/c1-5-26(6-2)16-10-11-18(3)25-21(22-4)23-15-14-20(27)24-17-19-12-8-7-9-13-19/h7-9,12-13,18H,5-6,10-11,14-17H2,1-4H3,(H,24,27)(H2,22,23,25). The molecule has 0 aliphatic carbocycles. The van der Waals surface area contributed by atoms with E-state index in [0.29, 0.717) is 25.6 Å². The van der Waals surface area contributed by atoms with Crippen LogP contribution in [0.5, 0.6) is 0 Å². The molecule has 3 N–H and O–H groups in total. The van der Waals surface area contributed by atoms with Crippen LogP contribution in [-0.2, 0) is 11.3 Å². The van der Waals surface area contributed by atoms with Crippen LogP contribution in [0.2, 0.25) is 0 Å². The van der Waals surface area contributed by atoms with Gasteiger partial charge in [0.1, 0.15) is 0 Å². The summed E-state index contributed by atoms with van der Waals surface area (Å²) >= 11 is 0. The molecule has 0 aliphatic rings. The Balaban J connectivity index is 2.18. The smallest absolute Gasteiger partial charge is 0.222 e. The molecule has 1 unspecified atom stereocenters. The maximum Gasteiger partial charge on any atom is 0.222 e. The van der Waals surface area contributed by atoms with Crippen LogP contribution in [0.15, 0.2) is 35.3 Å². The van der Waals surface area contributed by atoms with Gasteiger partial charge in [-0.05, 0) is 45.0 Å². The van der Waals surface area contributed by atoms with E-state index in [1.54, 1.807) is 7.05 Å². The Morgan fingerprint density at radius 3 is 2.48 bits per heavy atom. The molecule has 0 saturated carbocycles. The Morgan fingerprint density at radius 2 is 1.85 bits per heavy atom. The quantitative estimate of drug-likeness (QED) is 0.388. The average molecular weight is 376 g/mol. The van der Waals surface area contributed by atoms with E-state index in [4.69, 9.17) is 0 Å². The number of amides is 1. The number of benzene rings is 1. The van der Waals surface area contributed by atoms with Crippen LogP contribution < -0.4 is 16.0 Å². The molecule has 0 aromatic heterocycles. The first-order valence-corrected chi connectivity index (χ1v) is 10.1. The Bertz CT molecular complexity index is 543. The number of nitrogens with one attached hydrogen (secondary N) is 3. The van der Waals surface area contributed by atoms with Crippen molar-refractivity contribution in [2.24, 2.45) is 4.99 Å². The molecule has 1 amide bonds. The first-order valence-electron chi connectivity index (χ1n) is 10.1. The van der Waals surface area contributed by atoms with Gasteiger partial charge in [-0.1, -0.05) is 44.2 Å². The third kappa shape index (κ3) is 10.6. The molecule has 1 aromatic carbocycles. The second kappa shape index (κ2) is 14.0. The van der Waals surface area contributed by atoms with Crippen molar-refractivity contribution in [3.63, 3.8) is 0 Å². The van der Waals surface area contributed by atoms with Crippen LogP contribution in [-0.4, -0.2) is 56.0 Å². The van der Waals surface area contributed by atoms with Crippen molar-refractivity contribution in [3.05, 3.63) is 35.9 Å². The van der Waals surface area contributed by atoms with Gasteiger partial charge in [0.2, 0.25) is 5.91 Å². The van der Waals surface area contributed by atoms with E-state index in [-0.39, 0.29) is 5.91 Å². The van der Waals surface area contributed by atoms with Crippen molar-refractivity contribution in [2.75, 3.05) is 33.2 Å². The highest BCUT2D eigenvalue weighted by Crippen LogP contribution is 2.00. The number of carbonyl (C=O) groups excluding carboxylic acids is 1. The zero-order valence-corrected chi connectivity index (χ0v) is 17.4. The summed E-state index contributed by atoms with van der Waals surface area (Å²) in [5.74, 6) is 0.787. The van der Waals surface area contributed by atoms with Crippen molar-refractivity contribution in [3.8, 4) is 0 Å². The number of guanidine groups is 1. The van der Waals surface area contributed by atoms with Gasteiger partial charge in [-0.25, -0.2) is 0 Å². The van der Waals surface area contributed by atoms with Gasteiger partial charge >= 0.3 is 0 Å². The van der Waals surface area contributed by atoms with Gasteiger partial charge < -0.3 is 20.9 Å². The van der Waals surface area contributed by atoms with Crippen LogP contribution in [0.3, 0.4) is 0 Å². The van der Waals surface area contributed by atoms with Crippen molar-refractivity contribution in [1.29, 1.82) is 0 Å². The van der Waals surface area contributed by atoms with E-state index in [1.165, 1.54) is 0 Å². The predicted octanol–water partition coefficient (Wildman–Crippen LogP) is 2.37. The highest BCUT2D eigenvalue weighted by molar-refractivity contribution is 5.81.